The van der Waals surface area contributed by atoms with Crippen molar-refractivity contribution in [2.75, 3.05) is 26.4 Å². The summed E-state index contributed by atoms with van der Waals surface area (Å²) in [5.74, 6) is -0.0523. The van der Waals surface area contributed by atoms with E-state index in [-0.39, 0.29) is 6.54 Å². The van der Waals surface area contributed by atoms with E-state index in [2.05, 4.69) is 0 Å². The molecule has 1 saturated heterocycles. The zero-order valence-corrected chi connectivity index (χ0v) is 9.44. The maximum atomic E-state index is 5.76. The van der Waals surface area contributed by atoms with Crippen LogP contribution in [0.4, 0.5) is 0 Å². The molecule has 0 radical (unpaired) electrons. The first kappa shape index (κ1) is 11.4. The number of ether oxygens (including phenoxy) is 3. The van der Waals surface area contributed by atoms with Crippen LogP contribution in [0, 0.1) is 0 Å². The second-order valence-corrected chi connectivity index (χ2v) is 3.58. The van der Waals surface area contributed by atoms with Crippen molar-refractivity contribution in [1.82, 2.24) is 0 Å². The molecule has 0 saturated carbocycles. The van der Waals surface area contributed by atoms with Crippen molar-refractivity contribution in [1.29, 1.82) is 0 Å². The molecule has 2 rings (SSSR count). The highest BCUT2D eigenvalue weighted by Gasteiger charge is 2.39. The van der Waals surface area contributed by atoms with E-state index in [9.17, 15) is 0 Å². The highest BCUT2D eigenvalue weighted by Crippen LogP contribution is 2.36. The highest BCUT2D eigenvalue weighted by molar-refractivity contribution is 5.37. The van der Waals surface area contributed by atoms with Crippen molar-refractivity contribution in [3.8, 4) is 5.75 Å². The van der Waals surface area contributed by atoms with Crippen LogP contribution in [-0.2, 0) is 15.3 Å². The quantitative estimate of drug-likeness (QED) is 0.834. The van der Waals surface area contributed by atoms with Gasteiger partial charge >= 0.3 is 0 Å². The molecular weight excluding hydrogens is 206 g/mol. The molecule has 1 aliphatic heterocycles. The average molecular weight is 223 g/mol. The minimum absolute atomic E-state index is 0.289. The minimum atomic E-state index is -0.828. The van der Waals surface area contributed by atoms with Crippen LogP contribution in [0.2, 0.25) is 0 Å². The predicted molar refractivity (Wildman–Crippen MR) is 60.2 cm³/mol. The van der Waals surface area contributed by atoms with Gasteiger partial charge in [-0.1, -0.05) is 12.1 Å². The van der Waals surface area contributed by atoms with Gasteiger partial charge in [0.2, 0.25) is 5.79 Å². The molecule has 2 N–H and O–H groups in total. The van der Waals surface area contributed by atoms with Crippen LogP contribution in [0.25, 0.3) is 0 Å². The van der Waals surface area contributed by atoms with Gasteiger partial charge in [-0.25, -0.2) is 0 Å². The first-order valence-electron chi connectivity index (χ1n) is 5.52. The summed E-state index contributed by atoms with van der Waals surface area (Å²) in [6.45, 7) is 3.98. The zero-order chi connectivity index (χ0) is 11.4. The fraction of sp³-hybridized carbons (Fsp3) is 0.500. The van der Waals surface area contributed by atoms with E-state index in [0.29, 0.717) is 19.8 Å². The Morgan fingerprint density at radius 3 is 2.62 bits per heavy atom. The van der Waals surface area contributed by atoms with E-state index in [4.69, 9.17) is 19.9 Å². The van der Waals surface area contributed by atoms with E-state index in [1.54, 1.807) is 0 Å². The number of para-hydroxylation sites is 1. The summed E-state index contributed by atoms with van der Waals surface area (Å²) in [4.78, 5) is 0. The third kappa shape index (κ3) is 1.91. The molecule has 1 fully saturated rings. The lowest BCUT2D eigenvalue weighted by molar-refractivity contribution is -0.158. The zero-order valence-electron chi connectivity index (χ0n) is 9.44. The third-order valence-corrected chi connectivity index (χ3v) is 2.62. The molecule has 0 aromatic heterocycles. The number of benzene rings is 1. The number of hydrogen-bond acceptors (Lipinski definition) is 4. The Hall–Kier alpha value is -1.10. The van der Waals surface area contributed by atoms with Gasteiger partial charge in [0.1, 0.15) is 5.75 Å². The fourth-order valence-corrected chi connectivity index (χ4v) is 1.90. The third-order valence-electron chi connectivity index (χ3n) is 2.62. The molecule has 4 nitrogen and oxygen atoms in total. The van der Waals surface area contributed by atoms with Gasteiger partial charge in [0.05, 0.1) is 31.9 Å². The van der Waals surface area contributed by atoms with E-state index >= 15 is 0 Å². The molecule has 0 unspecified atom stereocenters. The summed E-state index contributed by atoms with van der Waals surface area (Å²) in [7, 11) is 0. The molecule has 4 heteroatoms. The van der Waals surface area contributed by atoms with Crippen molar-refractivity contribution in [3.05, 3.63) is 29.8 Å². The Morgan fingerprint density at radius 2 is 2.00 bits per heavy atom. The smallest absolute Gasteiger partial charge is 0.211 e. The first-order valence-corrected chi connectivity index (χ1v) is 5.52. The van der Waals surface area contributed by atoms with Crippen LogP contribution < -0.4 is 10.5 Å². The molecule has 0 amide bonds. The van der Waals surface area contributed by atoms with E-state index in [1.807, 2.05) is 31.2 Å². The monoisotopic (exact) mass is 223 g/mol. The second kappa shape index (κ2) is 4.82. The minimum Gasteiger partial charge on any atom is -0.493 e. The van der Waals surface area contributed by atoms with Crippen molar-refractivity contribution >= 4 is 0 Å². The second-order valence-electron chi connectivity index (χ2n) is 3.58. The van der Waals surface area contributed by atoms with Crippen LogP contribution in [0.3, 0.4) is 0 Å². The Labute approximate surface area is 95.3 Å². The Balaban J connectivity index is 2.37. The van der Waals surface area contributed by atoms with Gasteiger partial charge < -0.3 is 19.9 Å². The summed E-state index contributed by atoms with van der Waals surface area (Å²) >= 11 is 0. The largest absolute Gasteiger partial charge is 0.493 e. The van der Waals surface area contributed by atoms with Gasteiger partial charge in [0.15, 0.2) is 0 Å². The summed E-state index contributed by atoms with van der Waals surface area (Å²) in [5.41, 5.74) is 6.63. The molecule has 1 heterocycles. The van der Waals surface area contributed by atoms with Gasteiger partial charge in [-0.3, -0.25) is 0 Å². The van der Waals surface area contributed by atoms with Crippen LogP contribution in [-0.4, -0.2) is 26.4 Å². The van der Waals surface area contributed by atoms with Gasteiger partial charge in [-0.2, -0.15) is 0 Å². The summed E-state index contributed by atoms with van der Waals surface area (Å²) < 4.78 is 16.8. The van der Waals surface area contributed by atoms with Gasteiger partial charge in [0.25, 0.3) is 0 Å². The van der Waals surface area contributed by atoms with Gasteiger partial charge in [0, 0.05) is 0 Å². The molecular formula is C12H17NO3. The van der Waals surface area contributed by atoms with E-state index in [1.165, 1.54) is 0 Å². The Morgan fingerprint density at radius 1 is 1.31 bits per heavy atom. The molecule has 1 aromatic carbocycles. The lowest BCUT2D eigenvalue weighted by Crippen LogP contribution is -2.36. The summed E-state index contributed by atoms with van der Waals surface area (Å²) in [5, 5.41) is 0. The molecule has 1 aromatic rings. The maximum absolute atomic E-state index is 5.76. The first-order chi connectivity index (χ1) is 7.82. The Bertz CT molecular complexity index is 348. The summed E-state index contributed by atoms with van der Waals surface area (Å²) in [6.07, 6.45) is 0. The number of rotatable bonds is 4. The van der Waals surface area contributed by atoms with Gasteiger partial charge in [-0.15, -0.1) is 0 Å². The Kier molecular flexibility index (Phi) is 3.43. The van der Waals surface area contributed by atoms with Crippen LogP contribution >= 0.6 is 0 Å². The lowest BCUT2D eigenvalue weighted by atomic mass is 10.0. The lowest BCUT2D eigenvalue weighted by Gasteiger charge is -2.27. The highest BCUT2D eigenvalue weighted by atomic mass is 16.7. The maximum Gasteiger partial charge on any atom is 0.211 e. The van der Waals surface area contributed by atoms with Crippen molar-refractivity contribution in [2.24, 2.45) is 5.73 Å². The van der Waals surface area contributed by atoms with Crippen LogP contribution in [0.5, 0.6) is 5.75 Å². The van der Waals surface area contributed by atoms with Crippen molar-refractivity contribution in [3.63, 3.8) is 0 Å². The van der Waals surface area contributed by atoms with Crippen LogP contribution in [0.15, 0.2) is 24.3 Å². The van der Waals surface area contributed by atoms with Crippen molar-refractivity contribution in [2.45, 2.75) is 12.7 Å². The number of hydrogen-bond donors (Lipinski definition) is 1. The molecule has 0 atom stereocenters. The van der Waals surface area contributed by atoms with E-state index < -0.39 is 5.79 Å². The van der Waals surface area contributed by atoms with E-state index in [0.717, 1.165) is 11.3 Å². The van der Waals surface area contributed by atoms with Crippen molar-refractivity contribution < 1.29 is 14.2 Å². The van der Waals surface area contributed by atoms with Crippen LogP contribution in [0.1, 0.15) is 12.5 Å². The standard InChI is InChI=1S/C12H17NO3/c1-2-14-11-6-4-3-5-10(11)12(9-13)15-7-8-16-12/h3-6H,2,7-9,13H2,1H3. The molecule has 16 heavy (non-hydrogen) atoms. The molecule has 88 valence electrons. The molecule has 0 spiro atoms. The fourth-order valence-electron chi connectivity index (χ4n) is 1.90. The number of nitrogens with two attached hydrogens (primary N) is 1. The molecule has 0 aliphatic carbocycles. The normalized spacial score (nSPS) is 18.6. The topological polar surface area (TPSA) is 53.7 Å². The summed E-state index contributed by atoms with van der Waals surface area (Å²) in [6, 6.07) is 7.69. The van der Waals surface area contributed by atoms with Gasteiger partial charge in [-0.05, 0) is 19.1 Å². The molecule has 0 bridgehead atoms. The average Bonchev–Trinajstić information content (AvgIpc) is 2.80. The molecule has 1 aliphatic rings. The SMILES string of the molecule is CCOc1ccccc1C1(CN)OCCO1. The predicted octanol–water partition coefficient (Wildman–Crippen LogP) is 1.24.